The first-order valence-electron chi connectivity index (χ1n) is 8.97. The van der Waals surface area contributed by atoms with Gasteiger partial charge in [0, 0.05) is 19.5 Å². The molecule has 0 atom stereocenters. The van der Waals surface area contributed by atoms with Crippen LogP contribution in [-0.4, -0.2) is 34.1 Å². The van der Waals surface area contributed by atoms with Gasteiger partial charge in [-0.3, -0.25) is 9.36 Å². The Morgan fingerprint density at radius 3 is 2.22 bits per heavy atom. The molecule has 27 heavy (non-hydrogen) atoms. The highest BCUT2D eigenvalue weighted by Gasteiger charge is 2.12. The molecular weight excluding hydrogens is 381 g/mol. The van der Waals surface area contributed by atoms with Gasteiger partial charge in [-0.15, -0.1) is 24.8 Å². The first kappa shape index (κ1) is 23.2. The smallest absolute Gasteiger partial charge is 0.261 e. The Balaban J connectivity index is 0.00000182. The zero-order chi connectivity index (χ0) is 17.6. The maximum atomic E-state index is 13.0. The molecule has 0 saturated carbocycles. The normalized spacial score (nSPS) is 10.5. The molecule has 0 saturated heterocycles. The number of halogens is 2. The molecule has 0 amide bonds. The number of nitrogens with zero attached hydrogens (tertiary/aromatic N) is 3. The molecule has 6 heteroatoms. The van der Waals surface area contributed by atoms with Crippen molar-refractivity contribution < 1.29 is 0 Å². The van der Waals surface area contributed by atoms with Gasteiger partial charge in [0.1, 0.15) is 5.82 Å². The summed E-state index contributed by atoms with van der Waals surface area (Å²) in [7, 11) is 0. The molecule has 1 aromatic heterocycles. The highest BCUT2D eigenvalue weighted by Crippen LogP contribution is 2.12. The number of benzene rings is 2. The number of likely N-dealkylation sites (N-methyl/N-ethyl adjacent to an activating group) is 1. The lowest BCUT2D eigenvalue weighted by molar-refractivity contribution is 0.287. The van der Waals surface area contributed by atoms with Gasteiger partial charge in [-0.05, 0) is 30.8 Å². The second-order valence-corrected chi connectivity index (χ2v) is 6.19. The van der Waals surface area contributed by atoms with Gasteiger partial charge in [-0.1, -0.05) is 56.3 Å². The Bertz CT molecular complexity index is 893. The van der Waals surface area contributed by atoms with Crippen LogP contribution >= 0.6 is 24.8 Å². The van der Waals surface area contributed by atoms with Gasteiger partial charge in [0.25, 0.3) is 5.56 Å². The van der Waals surface area contributed by atoms with E-state index in [0.29, 0.717) is 18.4 Å². The predicted octanol–water partition coefficient (Wildman–Crippen LogP) is 4.17. The van der Waals surface area contributed by atoms with Crippen molar-refractivity contribution in [1.82, 2.24) is 14.5 Å². The molecule has 146 valence electrons. The average molecular weight is 408 g/mol. The summed E-state index contributed by atoms with van der Waals surface area (Å²) in [6.45, 7) is 7.79. The minimum absolute atomic E-state index is 0. The van der Waals surface area contributed by atoms with Crippen molar-refractivity contribution in [3.63, 3.8) is 0 Å². The van der Waals surface area contributed by atoms with E-state index in [2.05, 4.69) is 30.9 Å². The monoisotopic (exact) mass is 407 g/mol. The van der Waals surface area contributed by atoms with Crippen LogP contribution in [0.1, 0.15) is 25.2 Å². The predicted molar refractivity (Wildman–Crippen MR) is 118 cm³/mol. The number of fused-ring (bicyclic) bond motifs is 1. The molecule has 3 rings (SSSR count). The Labute approximate surface area is 173 Å². The second-order valence-electron chi connectivity index (χ2n) is 6.19. The zero-order valence-electron chi connectivity index (χ0n) is 15.8. The van der Waals surface area contributed by atoms with E-state index in [4.69, 9.17) is 4.98 Å². The molecule has 0 aliphatic heterocycles. The first-order valence-corrected chi connectivity index (χ1v) is 8.97. The van der Waals surface area contributed by atoms with Gasteiger partial charge >= 0.3 is 0 Å². The number of hydrogen-bond donors (Lipinski definition) is 0. The van der Waals surface area contributed by atoms with Crippen molar-refractivity contribution in [1.29, 1.82) is 0 Å². The Hall–Kier alpha value is -1.88. The molecule has 0 aliphatic carbocycles. The first-order chi connectivity index (χ1) is 12.2. The molecule has 0 N–H and O–H groups in total. The van der Waals surface area contributed by atoms with Crippen molar-refractivity contribution in [2.75, 3.05) is 19.6 Å². The van der Waals surface area contributed by atoms with E-state index in [0.717, 1.165) is 31.0 Å². The standard InChI is InChI=1S/C21H25N3O.2ClH/c1-3-23(4-2)14-15-24-20(16-17-10-6-5-7-11-17)22-19-13-9-8-12-18(19)21(24)25;;/h5-13H,3-4,14-16H2,1-2H3;2*1H. The summed E-state index contributed by atoms with van der Waals surface area (Å²) in [5.74, 6) is 0.835. The summed E-state index contributed by atoms with van der Waals surface area (Å²) in [6.07, 6.45) is 0.666. The Morgan fingerprint density at radius 2 is 1.56 bits per heavy atom. The van der Waals surface area contributed by atoms with Crippen LogP contribution in [0.4, 0.5) is 0 Å². The molecule has 0 unspecified atom stereocenters. The lowest BCUT2D eigenvalue weighted by Gasteiger charge is -2.20. The molecular formula is C21H27Cl2N3O. The lowest BCUT2D eigenvalue weighted by atomic mass is 10.1. The van der Waals surface area contributed by atoms with Gasteiger partial charge in [-0.2, -0.15) is 0 Å². The van der Waals surface area contributed by atoms with Gasteiger partial charge in [0.05, 0.1) is 10.9 Å². The fourth-order valence-corrected chi connectivity index (χ4v) is 3.14. The van der Waals surface area contributed by atoms with Crippen molar-refractivity contribution in [2.24, 2.45) is 0 Å². The number of hydrogen-bond acceptors (Lipinski definition) is 3. The Kier molecular flexibility index (Phi) is 9.50. The van der Waals surface area contributed by atoms with E-state index in [1.54, 1.807) is 0 Å². The van der Waals surface area contributed by atoms with E-state index in [1.807, 2.05) is 47.0 Å². The van der Waals surface area contributed by atoms with E-state index in [1.165, 1.54) is 5.56 Å². The molecule has 0 radical (unpaired) electrons. The summed E-state index contributed by atoms with van der Waals surface area (Å²) >= 11 is 0. The van der Waals surface area contributed by atoms with Crippen molar-refractivity contribution in [3.05, 3.63) is 76.3 Å². The van der Waals surface area contributed by atoms with E-state index in [-0.39, 0.29) is 30.4 Å². The molecule has 0 spiro atoms. The van der Waals surface area contributed by atoms with Crippen molar-refractivity contribution in [2.45, 2.75) is 26.8 Å². The average Bonchev–Trinajstić information content (AvgIpc) is 2.65. The highest BCUT2D eigenvalue weighted by molar-refractivity contribution is 5.85. The van der Waals surface area contributed by atoms with Gasteiger partial charge in [0.15, 0.2) is 0 Å². The van der Waals surface area contributed by atoms with E-state index >= 15 is 0 Å². The molecule has 3 aromatic rings. The van der Waals surface area contributed by atoms with Crippen molar-refractivity contribution in [3.8, 4) is 0 Å². The molecule has 0 fully saturated rings. The molecule has 1 heterocycles. The SMILES string of the molecule is CCN(CC)CCn1c(Cc2ccccc2)nc2ccccc2c1=O.Cl.Cl. The van der Waals surface area contributed by atoms with Crippen LogP contribution in [0.25, 0.3) is 10.9 Å². The summed E-state index contributed by atoms with van der Waals surface area (Å²) in [5, 5.41) is 0.693. The molecule has 2 aromatic carbocycles. The number of rotatable bonds is 7. The van der Waals surface area contributed by atoms with Crippen LogP contribution in [0.5, 0.6) is 0 Å². The van der Waals surface area contributed by atoms with Gasteiger partial charge in [0.2, 0.25) is 0 Å². The van der Waals surface area contributed by atoms with Gasteiger partial charge < -0.3 is 4.90 Å². The van der Waals surface area contributed by atoms with Crippen LogP contribution in [0.2, 0.25) is 0 Å². The summed E-state index contributed by atoms with van der Waals surface area (Å²) < 4.78 is 1.85. The van der Waals surface area contributed by atoms with Crippen LogP contribution in [-0.2, 0) is 13.0 Å². The summed E-state index contributed by atoms with van der Waals surface area (Å²) in [5.41, 5.74) is 2.00. The van der Waals surface area contributed by atoms with E-state index < -0.39 is 0 Å². The lowest BCUT2D eigenvalue weighted by Crippen LogP contribution is -2.33. The van der Waals surface area contributed by atoms with Gasteiger partial charge in [-0.25, -0.2) is 4.98 Å². The van der Waals surface area contributed by atoms with Crippen LogP contribution in [0.3, 0.4) is 0 Å². The minimum atomic E-state index is 0. The van der Waals surface area contributed by atoms with E-state index in [9.17, 15) is 4.79 Å². The Morgan fingerprint density at radius 1 is 0.926 bits per heavy atom. The molecule has 4 nitrogen and oxygen atoms in total. The molecule has 0 aliphatic rings. The number of aromatic nitrogens is 2. The van der Waals surface area contributed by atoms with Crippen LogP contribution < -0.4 is 5.56 Å². The summed E-state index contributed by atoms with van der Waals surface area (Å²) in [6, 6.07) is 17.8. The topological polar surface area (TPSA) is 38.1 Å². The summed E-state index contributed by atoms with van der Waals surface area (Å²) in [4.78, 5) is 20.2. The second kappa shape index (κ2) is 11.1. The molecule has 0 bridgehead atoms. The maximum Gasteiger partial charge on any atom is 0.261 e. The van der Waals surface area contributed by atoms with Crippen molar-refractivity contribution >= 4 is 35.7 Å². The fraction of sp³-hybridized carbons (Fsp3) is 0.333. The van der Waals surface area contributed by atoms with Crippen LogP contribution in [0.15, 0.2) is 59.4 Å². The highest BCUT2D eigenvalue weighted by atomic mass is 35.5. The third-order valence-corrected chi connectivity index (χ3v) is 4.68. The number of para-hydroxylation sites is 1. The quantitative estimate of drug-likeness (QED) is 0.589. The largest absolute Gasteiger partial charge is 0.302 e. The zero-order valence-corrected chi connectivity index (χ0v) is 17.4. The minimum Gasteiger partial charge on any atom is -0.302 e. The van der Waals surface area contributed by atoms with Crippen LogP contribution in [0, 0.1) is 0 Å². The maximum absolute atomic E-state index is 13.0. The third kappa shape index (κ3) is 5.55. The fourth-order valence-electron chi connectivity index (χ4n) is 3.14. The third-order valence-electron chi connectivity index (χ3n) is 4.68.